The number of rotatable bonds is 18. The maximum atomic E-state index is 13.8. The van der Waals surface area contributed by atoms with Gasteiger partial charge in [-0.2, -0.15) is 0 Å². The van der Waals surface area contributed by atoms with Gasteiger partial charge in [-0.25, -0.2) is 4.98 Å². The van der Waals surface area contributed by atoms with E-state index >= 15 is 0 Å². The summed E-state index contributed by atoms with van der Waals surface area (Å²) in [6, 6.07) is -1.53. The van der Waals surface area contributed by atoms with Gasteiger partial charge in [0.1, 0.15) is 11.0 Å². The minimum atomic E-state index is -0.816. The number of methoxy groups -OCH3 is 2. The molecule has 2 heterocycles. The van der Waals surface area contributed by atoms with Gasteiger partial charge in [0.2, 0.25) is 23.6 Å². The number of aliphatic hydroxyl groups is 1. The van der Waals surface area contributed by atoms with Crippen molar-refractivity contribution in [3.63, 3.8) is 0 Å². The predicted molar refractivity (Wildman–Crippen MR) is 163 cm³/mol. The molecule has 0 radical (unpaired) electrons. The number of carbonyl (C=O) groups excluding carboxylic acids is 4. The van der Waals surface area contributed by atoms with Crippen LogP contribution < -0.4 is 16.0 Å². The number of amides is 4. The molecule has 1 aliphatic heterocycles. The lowest BCUT2D eigenvalue weighted by atomic mass is 9.90. The SMILES string of the molecule is CCC(C)C(C(CC(=O)N1CCCC1C(OC)C(C)C(=O)NCc1nccs1)OC)N(C)C(=O)CNC(=O)C(CO)NC. The highest BCUT2D eigenvalue weighted by Crippen LogP contribution is 2.29. The van der Waals surface area contributed by atoms with Gasteiger partial charge in [0.25, 0.3) is 0 Å². The van der Waals surface area contributed by atoms with Crippen LogP contribution in [0.1, 0.15) is 51.5 Å². The van der Waals surface area contributed by atoms with Crippen LogP contribution in [-0.4, -0.2) is 122 Å². The molecule has 4 amide bonds. The first-order chi connectivity index (χ1) is 20.5. The number of carbonyl (C=O) groups is 4. The number of hydrogen-bond donors (Lipinski definition) is 4. The van der Waals surface area contributed by atoms with E-state index < -0.39 is 42.7 Å². The van der Waals surface area contributed by atoms with E-state index in [2.05, 4.69) is 20.9 Å². The van der Waals surface area contributed by atoms with E-state index in [0.717, 1.165) is 17.8 Å². The molecule has 0 saturated carbocycles. The third kappa shape index (κ3) is 9.93. The molecule has 7 atom stereocenters. The van der Waals surface area contributed by atoms with Crippen molar-refractivity contribution in [3.05, 3.63) is 16.6 Å². The summed E-state index contributed by atoms with van der Waals surface area (Å²) >= 11 is 1.47. The number of hydrogen-bond acceptors (Lipinski definition) is 10. The Balaban J connectivity index is 2.11. The molecule has 1 aliphatic rings. The van der Waals surface area contributed by atoms with Crippen molar-refractivity contribution >= 4 is 35.0 Å². The number of ether oxygens (including phenoxy) is 2. The van der Waals surface area contributed by atoms with Gasteiger partial charge in [-0.15, -0.1) is 11.3 Å². The lowest BCUT2D eigenvalue weighted by Gasteiger charge is -2.39. The van der Waals surface area contributed by atoms with Crippen molar-refractivity contribution in [2.45, 2.75) is 83.3 Å². The Hall–Kier alpha value is -2.65. The minimum absolute atomic E-state index is 0.00690. The van der Waals surface area contributed by atoms with E-state index in [9.17, 15) is 24.3 Å². The molecule has 14 heteroatoms. The molecule has 0 spiro atoms. The minimum Gasteiger partial charge on any atom is -0.394 e. The van der Waals surface area contributed by atoms with E-state index in [1.54, 1.807) is 32.3 Å². The van der Waals surface area contributed by atoms with Crippen LogP contribution in [-0.2, 0) is 35.2 Å². The molecule has 1 fully saturated rings. The first kappa shape index (κ1) is 36.5. The quantitative estimate of drug-likeness (QED) is 0.180. The Morgan fingerprint density at radius 2 is 1.91 bits per heavy atom. The first-order valence-electron chi connectivity index (χ1n) is 14.9. The van der Waals surface area contributed by atoms with Gasteiger partial charge in [0.05, 0.1) is 56.3 Å². The number of likely N-dealkylation sites (tertiary alicyclic amines) is 1. The van der Waals surface area contributed by atoms with E-state index in [0.29, 0.717) is 19.5 Å². The molecule has 7 unspecified atom stereocenters. The summed E-state index contributed by atoms with van der Waals surface area (Å²) in [6.45, 7) is 6.04. The Morgan fingerprint density at radius 3 is 2.47 bits per heavy atom. The third-order valence-corrected chi connectivity index (χ3v) is 9.24. The number of nitrogens with one attached hydrogen (secondary N) is 3. The van der Waals surface area contributed by atoms with E-state index in [1.807, 2.05) is 26.2 Å². The fourth-order valence-electron chi connectivity index (χ4n) is 5.71. The lowest BCUT2D eigenvalue weighted by molar-refractivity contribution is -0.145. The molecule has 4 N–H and O–H groups in total. The maximum Gasteiger partial charge on any atom is 0.242 e. The number of nitrogens with zero attached hydrogens (tertiary/aromatic N) is 3. The summed E-state index contributed by atoms with van der Waals surface area (Å²) in [5, 5.41) is 20.2. The third-order valence-electron chi connectivity index (χ3n) is 8.46. The van der Waals surface area contributed by atoms with Gasteiger partial charge in [-0.3, -0.25) is 19.2 Å². The fraction of sp³-hybridized carbons (Fsp3) is 0.759. The van der Waals surface area contributed by atoms with Crippen molar-refractivity contribution in [2.75, 3.05) is 48.0 Å². The predicted octanol–water partition coefficient (Wildman–Crippen LogP) is 0.376. The highest BCUT2D eigenvalue weighted by molar-refractivity contribution is 7.09. The largest absolute Gasteiger partial charge is 0.394 e. The topological polar surface area (TPSA) is 162 Å². The number of likely N-dealkylation sites (N-methyl/N-ethyl adjacent to an activating group) is 2. The van der Waals surface area contributed by atoms with Crippen LogP contribution in [0.15, 0.2) is 11.6 Å². The first-order valence-corrected chi connectivity index (χ1v) is 15.7. The van der Waals surface area contributed by atoms with E-state index in [-0.39, 0.29) is 42.6 Å². The summed E-state index contributed by atoms with van der Waals surface area (Å²) in [4.78, 5) is 59.7. The summed E-state index contributed by atoms with van der Waals surface area (Å²) in [5.74, 6) is -1.62. The van der Waals surface area contributed by atoms with Crippen molar-refractivity contribution in [2.24, 2.45) is 11.8 Å². The zero-order valence-corrected chi connectivity index (χ0v) is 27.3. The van der Waals surface area contributed by atoms with Crippen LogP contribution in [0.4, 0.5) is 0 Å². The molecule has 2 rings (SSSR count). The molecule has 1 aromatic rings. The van der Waals surface area contributed by atoms with Crippen molar-refractivity contribution in [1.82, 2.24) is 30.7 Å². The molecular weight excluding hydrogens is 576 g/mol. The molecule has 13 nitrogen and oxygen atoms in total. The van der Waals surface area contributed by atoms with Gasteiger partial charge in [0, 0.05) is 39.4 Å². The van der Waals surface area contributed by atoms with Gasteiger partial charge in [-0.05, 0) is 25.8 Å². The number of aliphatic hydroxyl groups excluding tert-OH is 1. The summed E-state index contributed by atoms with van der Waals surface area (Å²) in [6.07, 6.45) is 2.87. The second-order valence-electron chi connectivity index (χ2n) is 11.0. The standard InChI is InChI=1S/C29H50N6O7S/c1-8-18(2)26(34(5)25(38)16-33-29(40)20(17-36)30-4)22(41-6)14-24(37)35-12-9-10-21(35)27(42-7)19(3)28(39)32-15-23-31-11-13-43-23/h11,13,18-22,26-27,30,36H,8-10,12,14-17H2,1-7H3,(H,32,39)(H,33,40). The monoisotopic (exact) mass is 626 g/mol. The maximum absolute atomic E-state index is 13.8. The van der Waals surface area contributed by atoms with E-state index in [1.165, 1.54) is 23.3 Å². The van der Waals surface area contributed by atoms with Gasteiger partial charge in [-0.1, -0.05) is 27.2 Å². The van der Waals surface area contributed by atoms with Crippen LogP contribution in [0.3, 0.4) is 0 Å². The van der Waals surface area contributed by atoms with Crippen LogP contribution in [0.2, 0.25) is 0 Å². The summed E-state index contributed by atoms with van der Waals surface area (Å²) < 4.78 is 11.6. The van der Waals surface area contributed by atoms with Gasteiger partial charge in [0.15, 0.2) is 0 Å². The van der Waals surface area contributed by atoms with Crippen molar-refractivity contribution in [3.8, 4) is 0 Å². The van der Waals surface area contributed by atoms with E-state index in [4.69, 9.17) is 9.47 Å². The zero-order valence-electron chi connectivity index (χ0n) is 26.5. The molecule has 43 heavy (non-hydrogen) atoms. The van der Waals surface area contributed by atoms with Crippen LogP contribution in [0, 0.1) is 11.8 Å². The Bertz CT molecular complexity index is 1020. The van der Waals surface area contributed by atoms with Crippen molar-refractivity contribution < 1.29 is 33.8 Å². The molecule has 1 aromatic heterocycles. The summed E-state index contributed by atoms with van der Waals surface area (Å²) in [7, 11) is 6.29. The average Bonchev–Trinajstić information content (AvgIpc) is 3.71. The Morgan fingerprint density at radius 1 is 1.19 bits per heavy atom. The van der Waals surface area contributed by atoms with Crippen LogP contribution in [0.5, 0.6) is 0 Å². The van der Waals surface area contributed by atoms with Crippen LogP contribution >= 0.6 is 11.3 Å². The molecule has 244 valence electrons. The molecular formula is C29H50N6O7S. The Labute approximate surface area is 259 Å². The molecule has 0 aromatic carbocycles. The second-order valence-corrected chi connectivity index (χ2v) is 12.0. The zero-order chi connectivity index (χ0) is 32.1. The van der Waals surface area contributed by atoms with Crippen molar-refractivity contribution in [1.29, 1.82) is 0 Å². The number of thiazole rings is 1. The average molecular weight is 627 g/mol. The fourth-order valence-corrected chi connectivity index (χ4v) is 6.26. The van der Waals surface area contributed by atoms with Gasteiger partial charge < -0.3 is 40.3 Å². The number of aromatic nitrogens is 1. The Kier molecular flexibility index (Phi) is 15.5. The summed E-state index contributed by atoms with van der Waals surface area (Å²) in [5.41, 5.74) is 0. The molecule has 0 bridgehead atoms. The second kappa shape index (κ2) is 18.2. The lowest BCUT2D eigenvalue weighted by Crippen LogP contribution is -2.55. The van der Waals surface area contributed by atoms with Gasteiger partial charge >= 0.3 is 0 Å². The highest BCUT2D eigenvalue weighted by Gasteiger charge is 2.42. The highest BCUT2D eigenvalue weighted by atomic mass is 32.1. The normalized spacial score (nSPS) is 19.2. The molecule has 1 saturated heterocycles. The smallest absolute Gasteiger partial charge is 0.242 e. The van der Waals surface area contributed by atoms with Crippen LogP contribution in [0.25, 0.3) is 0 Å². The molecule has 0 aliphatic carbocycles.